The number of carbonyl (C=O) groups is 3. The number of benzene rings is 1. The Labute approximate surface area is 261 Å². The number of hydrogen-bond acceptors (Lipinski definition) is 9. The van der Waals surface area contributed by atoms with Crippen molar-refractivity contribution in [1.82, 2.24) is 0 Å². The maximum absolute atomic E-state index is 13.7. The van der Waals surface area contributed by atoms with Crippen LogP contribution in [0.5, 0.6) is 0 Å². The second-order valence-corrected chi connectivity index (χ2v) is 13.0. The fourth-order valence-corrected chi connectivity index (χ4v) is 6.53. The van der Waals surface area contributed by atoms with Crippen LogP contribution in [0, 0.1) is 29.6 Å². The number of carbonyl (C=O) groups excluding carboxylic acids is 3. The molecule has 0 unspecified atom stereocenters. The lowest BCUT2D eigenvalue weighted by atomic mass is 9.70. The molecule has 2 bridgehead atoms. The molecule has 10 heteroatoms. The zero-order valence-electron chi connectivity index (χ0n) is 27.7. The average Bonchev–Trinajstić information content (AvgIpc) is 3.00. The van der Waals surface area contributed by atoms with E-state index < -0.39 is 47.1 Å². The van der Waals surface area contributed by atoms with E-state index in [4.69, 9.17) is 19.0 Å². The highest BCUT2D eigenvalue weighted by Crippen LogP contribution is 2.39. The van der Waals surface area contributed by atoms with E-state index in [1.807, 2.05) is 58.0 Å². The molecule has 2 saturated heterocycles. The summed E-state index contributed by atoms with van der Waals surface area (Å²) in [6.45, 7) is 16.0. The Balaban J connectivity index is 2.21. The van der Waals surface area contributed by atoms with Crippen LogP contribution in [0.4, 0.5) is 0 Å². The summed E-state index contributed by atoms with van der Waals surface area (Å²) in [5.74, 6) is -4.18. The molecule has 3 rings (SSSR count). The number of nitrogens with zero attached hydrogens (tertiary/aromatic N) is 2. The van der Waals surface area contributed by atoms with Crippen molar-refractivity contribution in [3.63, 3.8) is 0 Å². The van der Waals surface area contributed by atoms with Gasteiger partial charge in [-0.3, -0.25) is 14.4 Å². The van der Waals surface area contributed by atoms with Gasteiger partial charge in [-0.15, -0.1) is 0 Å². The van der Waals surface area contributed by atoms with Crippen LogP contribution in [0.1, 0.15) is 80.7 Å². The van der Waals surface area contributed by atoms with Crippen LogP contribution in [-0.4, -0.2) is 70.8 Å². The van der Waals surface area contributed by atoms with Gasteiger partial charge in [0.15, 0.2) is 0 Å². The minimum absolute atomic E-state index is 0.0356. The van der Waals surface area contributed by atoms with Crippen molar-refractivity contribution in [2.24, 2.45) is 39.7 Å². The molecule has 0 aromatic heterocycles. The summed E-state index contributed by atoms with van der Waals surface area (Å²) in [4.78, 5) is 49.5. The molecule has 44 heavy (non-hydrogen) atoms. The van der Waals surface area contributed by atoms with Crippen LogP contribution in [0.15, 0.2) is 40.5 Å². The number of amides is 1. The van der Waals surface area contributed by atoms with Gasteiger partial charge in [0.2, 0.25) is 5.91 Å². The minimum Gasteiger partial charge on any atom is -0.459 e. The largest absolute Gasteiger partial charge is 0.459 e. The second-order valence-electron chi connectivity index (χ2n) is 13.0. The van der Waals surface area contributed by atoms with Gasteiger partial charge in [0.1, 0.15) is 35.7 Å². The highest BCUT2D eigenvalue weighted by molar-refractivity contribution is 6.00. The number of fused-ring (bicyclic) bond motifs is 5. The molecular formula is C34H50N2O8. The highest BCUT2D eigenvalue weighted by atomic mass is 16.6. The van der Waals surface area contributed by atoms with E-state index in [1.165, 1.54) is 6.92 Å². The van der Waals surface area contributed by atoms with E-state index in [2.05, 4.69) is 10.1 Å². The molecule has 0 radical (unpaired) electrons. The normalized spacial score (nSPS) is 37.9. The van der Waals surface area contributed by atoms with E-state index in [0.717, 1.165) is 5.56 Å². The molecule has 2 aliphatic rings. The van der Waals surface area contributed by atoms with Gasteiger partial charge in [0.05, 0.1) is 24.9 Å². The third-order valence-corrected chi connectivity index (χ3v) is 9.49. The predicted octanol–water partition coefficient (Wildman–Crippen LogP) is 4.95. The Morgan fingerprint density at radius 2 is 1.70 bits per heavy atom. The maximum atomic E-state index is 13.7. The molecule has 9 atom stereocenters. The van der Waals surface area contributed by atoms with Crippen LogP contribution >= 0.6 is 0 Å². The summed E-state index contributed by atoms with van der Waals surface area (Å²) in [7, 11) is 0. The molecule has 10 nitrogen and oxygen atoms in total. The molecule has 1 amide bonds. The van der Waals surface area contributed by atoms with Crippen molar-refractivity contribution < 1.29 is 38.5 Å². The number of aliphatic hydroxyl groups is 1. The zero-order valence-corrected chi connectivity index (χ0v) is 27.7. The monoisotopic (exact) mass is 614 g/mol. The lowest BCUT2D eigenvalue weighted by Gasteiger charge is -2.44. The lowest BCUT2D eigenvalue weighted by Crippen LogP contribution is -2.57. The average molecular weight is 615 g/mol. The van der Waals surface area contributed by atoms with Gasteiger partial charge in [0.25, 0.3) is 0 Å². The fraction of sp³-hybridized carbons (Fsp3) is 0.676. The lowest BCUT2D eigenvalue weighted by molar-refractivity contribution is -0.192. The van der Waals surface area contributed by atoms with Gasteiger partial charge >= 0.3 is 5.97 Å². The number of oxime groups is 1. The third-order valence-electron chi connectivity index (χ3n) is 9.49. The van der Waals surface area contributed by atoms with E-state index >= 15 is 0 Å². The summed E-state index contributed by atoms with van der Waals surface area (Å²) in [5.41, 5.74) is -0.722. The van der Waals surface area contributed by atoms with Crippen molar-refractivity contribution in [1.29, 1.82) is 0 Å². The standard InChI is InChI=1S/C34H50N2O8/c1-10-28-34(9,40)31-22(4)29(35-25(7)37)20(2)16-33(8,24(6)21(3)30(38)23(5)32(39)44-28)42-19-27(18-41-31)36-43-17-26-14-12-11-13-15-26/h11-15,20-24,28,31,40H,10,16-19H2,1-9H3/b35-29+,36-27+/t20-,21-,22+,23-,24-,28-,31-,33-,34-/m1/s1. The van der Waals surface area contributed by atoms with Gasteiger partial charge in [-0.25, -0.2) is 4.99 Å². The van der Waals surface area contributed by atoms with Crippen molar-refractivity contribution in [3.05, 3.63) is 35.9 Å². The zero-order chi connectivity index (χ0) is 32.8. The summed E-state index contributed by atoms with van der Waals surface area (Å²) in [6.07, 6.45) is -1.32. The Morgan fingerprint density at radius 3 is 2.32 bits per heavy atom. The number of Topliss-reactive ketones (excluding diaryl/α,β-unsaturated/α-hetero) is 1. The molecule has 2 heterocycles. The van der Waals surface area contributed by atoms with Crippen LogP contribution in [0.2, 0.25) is 0 Å². The van der Waals surface area contributed by atoms with Gasteiger partial charge in [0, 0.05) is 24.5 Å². The second kappa shape index (κ2) is 14.9. The topological polar surface area (TPSA) is 133 Å². The molecule has 0 aliphatic carbocycles. The Hall–Kier alpha value is -2.95. The molecule has 0 saturated carbocycles. The summed E-state index contributed by atoms with van der Waals surface area (Å²) in [6, 6.07) is 9.62. The molecule has 0 spiro atoms. The van der Waals surface area contributed by atoms with Crippen molar-refractivity contribution in [2.45, 2.75) is 105 Å². The van der Waals surface area contributed by atoms with Gasteiger partial charge < -0.3 is 24.2 Å². The number of esters is 1. The predicted molar refractivity (Wildman–Crippen MR) is 167 cm³/mol. The number of rotatable bonds is 4. The van der Waals surface area contributed by atoms with Gasteiger partial charge in [-0.2, -0.15) is 0 Å². The molecule has 2 aliphatic heterocycles. The first kappa shape index (κ1) is 35.5. The summed E-state index contributed by atoms with van der Waals surface area (Å²) in [5, 5.41) is 16.5. The Bertz CT molecular complexity index is 1230. The number of hydrogen-bond donors (Lipinski definition) is 1. The van der Waals surface area contributed by atoms with Crippen molar-refractivity contribution >= 4 is 29.1 Å². The van der Waals surface area contributed by atoms with Gasteiger partial charge in [-0.1, -0.05) is 70.1 Å². The summed E-state index contributed by atoms with van der Waals surface area (Å²) < 4.78 is 18.9. The smallest absolute Gasteiger partial charge is 0.316 e. The van der Waals surface area contributed by atoms with Crippen molar-refractivity contribution in [3.8, 4) is 0 Å². The van der Waals surface area contributed by atoms with Crippen LogP contribution < -0.4 is 0 Å². The SMILES string of the molecule is CC[C@H]1OC(=O)[C@H](C)C(=O)[C@H](C)[C@@H](C)[C@@]2(C)C[C@@H](C)/C(=N\C(C)=O)[C@H](C)[C@@H](OC/C(=N\OCc3ccccc3)CO2)[C@]1(C)O. The maximum Gasteiger partial charge on any atom is 0.316 e. The first-order chi connectivity index (χ1) is 20.6. The van der Waals surface area contributed by atoms with Crippen LogP contribution in [0.25, 0.3) is 0 Å². The Kier molecular flexibility index (Phi) is 12.0. The van der Waals surface area contributed by atoms with Crippen molar-refractivity contribution in [2.75, 3.05) is 13.2 Å². The quantitative estimate of drug-likeness (QED) is 0.286. The molecule has 2 fully saturated rings. The molecular weight excluding hydrogens is 564 g/mol. The van der Waals surface area contributed by atoms with E-state index in [1.54, 1.807) is 27.7 Å². The van der Waals surface area contributed by atoms with E-state index in [9.17, 15) is 19.5 Å². The summed E-state index contributed by atoms with van der Waals surface area (Å²) >= 11 is 0. The third kappa shape index (κ3) is 8.20. The molecule has 1 aromatic rings. The number of ether oxygens (including phenoxy) is 3. The van der Waals surface area contributed by atoms with Crippen LogP contribution in [-0.2, 0) is 40.0 Å². The highest BCUT2D eigenvalue weighted by Gasteiger charge is 2.50. The Morgan fingerprint density at radius 1 is 1.05 bits per heavy atom. The molecule has 1 aromatic carbocycles. The number of ketones is 1. The molecule has 1 N–H and O–H groups in total. The van der Waals surface area contributed by atoms with E-state index in [0.29, 0.717) is 17.8 Å². The van der Waals surface area contributed by atoms with E-state index in [-0.39, 0.29) is 49.8 Å². The first-order valence-corrected chi connectivity index (χ1v) is 15.6. The molecule has 244 valence electrons. The first-order valence-electron chi connectivity index (χ1n) is 15.6. The number of aliphatic imine (C=N–C) groups is 1. The number of cyclic esters (lactones) is 1. The minimum atomic E-state index is -1.74. The van der Waals surface area contributed by atoms with Crippen LogP contribution in [0.3, 0.4) is 0 Å². The fourth-order valence-electron chi connectivity index (χ4n) is 6.53. The van der Waals surface area contributed by atoms with Gasteiger partial charge in [-0.05, 0) is 51.0 Å².